The molecule has 2 fully saturated rings. The number of nitrogens with one attached hydrogen (secondary N) is 1. The molecule has 5 nitrogen and oxygen atoms in total. The van der Waals surface area contributed by atoms with Crippen LogP contribution in [-0.4, -0.2) is 54.9 Å². The summed E-state index contributed by atoms with van der Waals surface area (Å²) in [7, 11) is 0. The van der Waals surface area contributed by atoms with E-state index in [0.29, 0.717) is 5.92 Å². The summed E-state index contributed by atoms with van der Waals surface area (Å²) in [4.78, 5) is 16.4. The number of urea groups is 1. The lowest BCUT2D eigenvalue weighted by atomic mass is 10.1. The van der Waals surface area contributed by atoms with E-state index in [-0.39, 0.29) is 18.7 Å². The number of hydrogen-bond donors (Lipinski definition) is 2. The Morgan fingerprint density at radius 3 is 2.82 bits per heavy atom. The molecule has 2 heterocycles. The second kappa shape index (κ2) is 7.01. The zero-order valence-corrected chi connectivity index (χ0v) is 12.9. The van der Waals surface area contributed by atoms with Crippen LogP contribution in [0, 0.1) is 5.92 Å². The third-order valence-corrected chi connectivity index (χ3v) is 4.80. The summed E-state index contributed by atoms with van der Waals surface area (Å²) >= 11 is 0. The van der Waals surface area contributed by atoms with Crippen LogP contribution in [0.1, 0.15) is 19.3 Å². The Bertz CT molecular complexity index is 494. The second-order valence-corrected chi connectivity index (χ2v) is 6.29. The van der Waals surface area contributed by atoms with E-state index in [1.807, 2.05) is 6.07 Å². The van der Waals surface area contributed by atoms with Gasteiger partial charge in [0.2, 0.25) is 0 Å². The van der Waals surface area contributed by atoms with E-state index in [1.165, 1.54) is 5.69 Å². The molecule has 0 aliphatic carbocycles. The highest BCUT2D eigenvalue weighted by Gasteiger charge is 2.29. The third kappa shape index (κ3) is 3.35. The summed E-state index contributed by atoms with van der Waals surface area (Å²) in [5, 5.41) is 12.3. The van der Waals surface area contributed by atoms with Crippen LogP contribution in [0.15, 0.2) is 30.3 Å². The van der Waals surface area contributed by atoms with E-state index in [4.69, 9.17) is 0 Å². The number of aliphatic hydroxyl groups is 1. The first kappa shape index (κ1) is 15.2. The lowest BCUT2D eigenvalue weighted by Gasteiger charge is -2.24. The summed E-state index contributed by atoms with van der Waals surface area (Å²) in [5.41, 5.74) is 1.26. The minimum Gasteiger partial charge on any atom is -0.394 e. The summed E-state index contributed by atoms with van der Waals surface area (Å²) in [5.74, 6) is 0.499. The largest absolute Gasteiger partial charge is 0.394 e. The number of benzene rings is 1. The first-order valence-corrected chi connectivity index (χ1v) is 8.23. The molecule has 0 bridgehead atoms. The zero-order chi connectivity index (χ0) is 15.4. The van der Waals surface area contributed by atoms with Crippen LogP contribution in [0.25, 0.3) is 0 Å². The fourth-order valence-electron chi connectivity index (χ4n) is 3.50. The average Bonchev–Trinajstić information content (AvgIpc) is 3.22. The topological polar surface area (TPSA) is 55.8 Å². The third-order valence-electron chi connectivity index (χ3n) is 4.80. The van der Waals surface area contributed by atoms with Crippen LogP contribution < -0.4 is 10.2 Å². The van der Waals surface area contributed by atoms with Crippen LogP contribution in [0.3, 0.4) is 0 Å². The summed E-state index contributed by atoms with van der Waals surface area (Å²) in [6.07, 6.45) is 3.01. The number of carbonyl (C=O) groups excluding carboxylic acids is 1. The van der Waals surface area contributed by atoms with Crippen LogP contribution in [0.5, 0.6) is 0 Å². The molecular formula is C17H25N3O2. The molecule has 0 radical (unpaired) electrons. The van der Waals surface area contributed by atoms with E-state index in [0.717, 1.165) is 45.4 Å². The fraction of sp³-hybridized carbons (Fsp3) is 0.588. The molecule has 2 aliphatic rings. The van der Waals surface area contributed by atoms with Crippen LogP contribution in [0.2, 0.25) is 0 Å². The van der Waals surface area contributed by atoms with Gasteiger partial charge in [0.1, 0.15) is 0 Å². The monoisotopic (exact) mass is 303 g/mol. The van der Waals surface area contributed by atoms with Crippen LogP contribution in [0.4, 0.5) is 10.5 Å². The van der Waals surface area contributed by atoms with Crippen molar-refractivity contribution in [1.29, 1.82) is 0 Å². The number of amides is 2. The number of anilines is 1. The first-order chi connectivity index (χ1) is 10.8. The molecule has 1 unspecified atom stereocenters. The second-order valence-electron chi connectivity index (χ2n) is 6.29. The molecule has 2 saturated heterocycles. The van der Waals surface area contributed by atoms with E-state index in [9.17, 15) is 9.90 Å². The predicted octanol–water partition coefficient (Wildman–Crippen LogP) is 1.68. The number of para-hydroxylation sites is 1. The van der Waals surface area contributed by atoms with Gasteiger partial charge in [0.25, 0.3) is 0 Å². The zero-order valence-electron chi connectivity index (χ0n) is 12.9. The molecule has 22 heavy (non-hydrogen) atoms. The highest BCUT2D eigenvalue weighted by Crippen LogP contribution is 2.23. The molecule has 0 spiro atoms. The van der Waals surface area contributed by atoms with Crippen molar-refractivity contribution in [3.05, 3.63) is 30.3 Å². The SMILES string of the molecule is O=C(NCC1CCN(c2ccccc2)C1)N1CCC[C@H]1CO. The van der Waals surface area contributed by atoms with Gasteiger partial charge >= 0.3 is 6.03 Å². The quantitative estimate of drug-likeness (QED) is 0.890. The van der Waals surface area contributed by atoms with Crippen LogP contribution in [-0.2, 0) is 0 Å². The summed E-state index contributed by atoms with van der Waals surface area (Å²) in [6.45, 7) is 3.59. The molecule has 2 aliphatic heterocycles. The predicted molar refractivity (Wildman–Crippen MR) is 87.0 cm³/mol. The molecule has 1 aromatic carbocycles. The van der Waals surface area contributed by atoms with E-state index in [1.54, 1.807) is 4.90 Å². The van der Waals surface area contributed by atoms with Gasteiger partial charge in [-0.05, 0) is 37.3 Å². The molecule has 5 heteroatoms. The first-order valence-electron chi connectivity index (χ1n) is 8.23. The Kier molecular flexibility index (Phi) is 4.83. The van der Waals surface area contributed by atoms with E-state index < -0.39 is 0 Å². The molecule has 120 valence electrons. The highest BCUT2D eigenvalue weighted by atomic mass is 16.3. The van der Waals surface area contributed by atoms with Crippen molar-refractivity contribution in [2.24, 2.45) is 5.92 Å². The van der Waals surface area contributed by atoms with Crippen molar-refractivity contribution in [2.45, 2.75) is 25.3 Å². The number of likely N-dealkylation sites (tertiary alicyclic amines) is 1. The van der Waals surface area contributed by atoms with Crippen molar-refractivity contribution in [3.63, 3.8) is 0 Å². The van der Waals surface area contributed by atoms with Crippen molar-refractivity contribution in [2.75, 3.05) is 37.7 Å². The van der Waals surface area contributed by atoms with E-state index >= 15 is 0 Å². The number of hydrogen-bond acceptors (Lipinski definition) is 3. The molecule has 1 aromatic rings. The van der Waals surface area contributed by atoms with Gasteiger partial charge in [-0.3, -0.25) is 0 Å². The van der Waals surface area contributed by atoms with Gasteiger partial charge in [-0.1, -0.05) is 18.2 Å². The number of nitrogens with zero attached hydrogens (tertiary/aromatic N) is 2. The highest BCUT2D eigenvalue weighted by molar-refractivity contribution is 5.74. The van der Waals surface area contributed by atoms with Gasteiger partial charge < -0.3 is 20.2 Å². The lowest BCUT2D eigenvalue weighted by Crippen LogP contribution is -2.45. The Hall–Kier alpha value is -1.75. The van der Waals surface area contributed by atoms with Crippen molar-refractivity contribution in [3.8, 4) is 0 Å². The van der Waals surface area contributed by atoms with Gasteiger partial charge in [0.05, 0.1) is 12.6 Å². The number of aliphatic hydroxyl groups excluding tert-OH is 1. The Balaban J connectivity index is 1.46. The Labute approximate surface area is 131 Å². The lowest BCUT2D eigenvalue weighted by molar-refractivity contribution is 0.156. The maximum atomic E-state index is 12.2. The maximum absolute atomic E-state index is 12.2. The fourth-order valence-corrected chi connectivity index (χ4v) is 3.50. The van der Waals surface area contributed by atoms with Crippen molar-refractivity contribution < 1.29 is 9.90 Å². The van der Waals surface area contributed by atoms with Gasteiger partial charge in [-0.15, -0.1) is 0 Å². The number of rotatable bonds is 4. The van der Waals surface area contributed by atoms with Crippen LogP contribution >= 0.6 is 0 Å². The van der Waals surface area contributed by atoms with Gasteiger partial charge in [-0.2, -0.15) is 0 Å². The molecule has 0 aromatic heterocycles. The average molecular weight is 303 g/mol. The molecule has 2 atom stereocenters. The molecule has 2 N–H and O–H groups in total. The summed E-state index contributed by atoms with van der Waals surface area (Å²) < 4.78 is 0. The minimum atomic E-state index is -0.0188. The van der Waals surface area contributed by atoms with Crippen molar-refractivity contribution >= 4 is 11.7 Å². The van der Waals surface area contributed by atoms with Crippen molar-refractivity contribution in [1.82, 2.24) is 10.2 Å². The standard InChI is InChI=1S/C17H25N3O2/c21-13-16-7-4-9-20(16)17(22)18-11-14-8-10-19(12-14)15-5-2-1-3-6-15/h1-3,5-6,14,16,21H,4,7-13H2,(H,18,22)/t14?,16-/m0/s1. The minimum absolute atomic E-state index is 0.00407. The Morgan fingerprint density at radius 2 is 2.05 bits per heavy atom. The molecule has 2 amide bonds. The summed E-state index contributed by atoms with van der Waals surface area (Å²) in [6, 6.07) is 10.4. The van der Waals surface area contributed by atoms with Gasteiger partial charge in [-0.25, -0.2) is 4.79 Å². The maximum Gasteiger partial charge on any atom is 0.317 e. The Morgan fingerprint density at radius 1 is 1.23 bits per heavy atom. The van der Waals surface area contributed by atoms with E-state index in [2.05, 4.69) is 34.5 Å². The number of carbonyl (C=O) groups is 1. The smallest absolute Gasteiger partial charge is 0.317 e. The van der Waals surface area contributed by atoms with Gasteiger partial charge in [0.15, 0.2) is 0 Å². The normalized spacial score (nSPS) is 24.8. The molecular weight excluding hydrogens is 278 g/mol. The van der Waals surface area contributed by atoms with Gasteiger partial charge in [0, 0.05) is 31.9 Å². The molecule has 3 rings (SSSR count). The molecule has 0 saturated carbocycles.